The van der Waals surface area contributed by atoms with Gasteiger partial charge in [-0.15, -0.1) is 0 Å². The van der Waals surface area contributed by atoms with E-state index in [0.29, 0.717) is 12.0 Å². The molecule has 0 spiro atoms. The number of hydrogen-bond acceptors (Lipinski definition) is 3. The van der Waals surface area contributed by atoms with E-state index in [0.717, 1.165) is 23.5 Å². The monoisotopic (exact) mass is 707 g/mol. The summed E-state index contributed by atoms with van der Waals surface area (Å²) in [5.74, 6) is 0.345. The number of fused-ring (bicyclic) bond motifs is 7. The maximum absolute atomic E-state index is 2.82. The predicted molar refractivity (Wildman–Crippen MR) is 231 cm³/mol. The van der Waals surface area contributed by atoms with Crippen molar-refractivity contribution in [1.82, 2.24) is 0 Å². The van der Waals surface area contributed by atoms with E-state index in [-0.39, 0.29) is 18.2 Å². The number of rotatable bonds is 6. The van der Waals surface area contributed by atoms with Gasteiger partial charge in [0.05, 0.1) is 6.04 Å². The molecule has 2 aliphatic carbocycles. The molecular formula is C51H42BN3. The quantitative estimate of drug-likeness (QED) is 0.160. The molecule has 5 aliphatic rings. The summed E-state index contributed by atoms with van der Waals surface area (Å²) in [6, 6.07) is 58.6. The van der Waals surface area contributed by atoms with Crippen LogP contribution in [0.4, 0.5) is 34.1 Å². The molecule has 55 heavy (non-hydrogen) atoms. The molecule has 0 radical (unpaired) electrons. The minimum Gasteiger partial charge on any atom is -0.358 e. The highest BCUT2D eigenvalue weighted by molar-refractivity contribution is 6.94. The standard InChI is InChI=1S/C51H42BN3/c1-51(2,35-18-7-3-8-19-35)36-32-47-49-48(33-36)55-45-29-16-15-26-41(45)42-27-17-28-44(50(42)55)52(49)43-31-30-40(34-46(43)54(47)39-24-13-6-14-25-39)53(37-20-9-4-10-21-37)38-22-11-5-12-23-38/h3-32,34,41,45,48H,33H2,1-2H3. The van der Waals surface area contributed by atoms with Gasteiger partial charge in [-0.1, -0.05) is 153 Å². The fourth-order valence-electron chi connectivity index (χ4n) is 10.3. The zero-order chi connectivity index (χ0) is 36.7. The second kappa shape index (κ2) is 12.4. The molecule has 264 valence electrons. The van der Waals surface area contributed by atoms with Crippen molar-refractivity contribution in [3.63, 3.8) is 0 Å². The third-order valence-electron chi connectivity index (χ3n) is 12.9. The van der Waals surface area contributed by atoms with Gasteiger partial charge >= 0.3 is 0 Å². The van der Waals surface area contributed by atoms with Gasteiger partial charge in [0, 0.05) is 57.2 Å². The highest BCUT2D eigenvalue weighted by atomic mass is 15.2. The summed E-state index contributed by atoms with van der Waals surface area (Å²) in [5.41, 5.74) is 17.0. The van der Waals surface area contributed by atoms with E-state index >= 15 is 0 Å². The molecule has 3 unspecified atom stereocenters. The summed E-state index contributed by atoms with van der Waals surface area (Å²) in [5, 5.41) is 0. The molecule has 0 bridgehead atoms. The Morgan fingerprint density at radius 1 is 0.636 bits per heavy atom. The fourth-order valence-corrected chi connectivity index (χ4v) is 10.3. The Balaban J connectivity index is 1.20. The van der Waals surface area contributed by atoms with Gasteiger partial charge in [-0.05, 0) is 88.6 Å². The van der Waals surface area contributed by atoms with Crippen molar-refractivity contribution in [2.24, 2.45) is 0 Å². The molecule has 3 aliphatic heterocycles. The van der Waals surface area contributed by atoms with E-state index < -0.39 is 0 Å². The number of para-hydroxylation sites is 4. The van der Waals surface area contributed by atoms with Gasteiger partial charge in [-0.3, -0.25) is 0 Å². The normalized spacial score (nSPS) is 20.1. The van der Waals surface area contributed by atoms with Crippen molar-refractivity contribution < 1.29 is 0 Å². The van der Waals surface area contributed by atoms with E-state index in [1.54, 1.807) is 0 Å². The molecule has 0 N–H and O–H groups in total. The van der Waals surface area contributed by atoms with E-state index in [1.165, 1.54) is 55.9 Å². The maximum Gasteiger partial charge on any atom is 0.247 e. The topological polar surface area (TPSA) is 9.72 Å². The Bertz CT molecular complexity index is 2530. The van der Waals surface area contributed by atoms with E-state index in [2.05, 4.69) is 217 Å². The number of benzene rings is 6. The van der Waals surface area contributed by atoms with Crippen LogP contribution in [-0.2, 0) is 5.41 Å². The fraction of sp³-hybridized carbons (Fsp3) is 0.137. The summed E-state index contributed by atoms with van der Waals surface area (Å²) in [4.78, 5) is 7.80. The third-order valence-corrected chi connectivity index (χ3v) is 12.9. The van der Waals surface area contributed by atoms with Crippen LogP contribution in [0.2, 0.25) is 0 Å². The molecule has 11 rings (SSSR count). The van der Waals surface area contributed by atoms with Gasteiger partial charge in [0.25, 0.3) is 0 Å². The third kappa shape index (κ3) is 4.84. The Morgan fingerprint density at radius 2 is 1.29 bits per heavy atom. The first-order chi connectivity index (χ1) is 27.1. The lowest BCUT2D eigenvalue weighted by Gasteiger charge is -2.52. The van der Waals surface area contributed by atoms with Crippen molar-refractivity contribution in [2.45, 2.75) is 43.7 Å². The lowest BCUT2D eigenvalue weighted by molar-refractivity contribution is 0.529. The lowest BCUT2D eigenvalue weighted by atomic mass is 9.31. The zero-order valence-electron chi connectivity index (χ0n) is 31.3. The van der Waals surface area contributed by atoms with Crippen LogP contribution in [0.25, 0.3) is 0 Å². The van der Waals surface area contributed by atoms with Gasteiger partial charge in [-0.25, -0.2) is 0 Å². The summed E-state index contributed by atoms with van der Waals surface area (Å²) < 4.78 is 0. The summed E-state index contributed by atoms with van der Waals surface area (Å²) in [6.07, 6.45) is 13.0. The minimum absolute atomic E-state index is 0.142. The van der Waals surface area contributed by atoms with Crippen molar-refractivity contribution in [2.75, 3.05) is 14.7 Å². The number of anilines is 6. The predicted octanol–water partition coefficient (Wildman–Crippen LogP) is 10.8. The Hall–Kier alpha value is -6.26. The van der Waals surface area contributed by atoms with Crippen LogP contribution in [0.1, 0.15) is 37.3 Å². The molecular weight excluding hydrogens is 665 g/mol. The molecule has 3 atom stereocenters. The van der Waals surface area contributed by atoms with Gasteiger partial charge in [0.1, 0.15) is 0 Å². The van der Waals surface area contributed by atoms with Gasteiger partial charge in [0.2, 0.25) is 6.71 Å². The molecule has 3 heterocycles. The van der Waals surface area contributed by atoms with Gasteiger partial charge in [0.15, 0.2) is 0 Å². The molecule has 0 aromatic heterocycles. The van der Waals surface area contributed by atoms with Gasteiger partial charge < -0.3 is 14.7 Å². The molecule has 0 saturated carbocycles. The van der Waals surface area contributed by atoms with Crippen LogP contribution in [-0.4, -0.2) is 18.8 Å². The number of hydrogen-bond donors (Lipinski definition) is 0. The van der Waals surface area contributed by atoms with E-state index in [1.807, 2.05) is 0 Å². The molecule has 4 heteroatoms. The first kappa shape index (κ1) is 32.2. The van der Waals surface area contributed by atoms with Crippen molar-refractivity contribution in [1.29, 1.82) is 0 Å². The average Bonchev–Trinajstić information content (AvgIpc) is 3.59. The highest BCUT2D eigenvalue weighted by Gasteiger charge is 2.54. The largest absolute Gasteiger partial charge is 0.358 e. The summed E-state index contributed by atoms with van der Waals surface area (Å²) in [6.45, 7) is 4.99. The van der Waals surface area contributed by atoms with E-state index in [4.69, 9.17) is 0 Å². The average molecular weight is 708 g/mol. The first-order valence-corrected chi connectivity index (χ1v) is 19.7. The van der Waals surface area contributed by atoms with Crippen LogP contribution in [0.5, 0.6) is 0 Å². The molecule has 6 aromatic carbocycles. The van der Waals surface area contributed by atoms with Crippen LogP contribution in [0.3, 0.4) is 0 Å². The van der Waals surface area contributed by atoms with Crippen molar-refractivity contribution in [3.05, 3.63) is 216 Å². The van der Waals surface area contributed by atoms with Crippen LogP contribution >= 0.6 is 0 Å². The Kier molecular flexibility index (Phi) is 7.26. The zero-order valence-corrected chi connectivity index (χ0v) is 31.3. The summed E-state index contributed by atoms with van der Waals surface area (Å²) in [7, 11) is 0. The Labute approximate surface area is 325 Å². The highest BCUT2D eigenvalue weighted by Crippen LogP contribution is 2.54. The molecule has 0 amide bonds. The smallest absolute Gasteiger partial charge is 0.247 e. The van der Waals surface area contributed by atoms with Gasteiger partial charge in [-0.2, -0.15) is 0 Å². The van der Waals surface area contributed by atoms with Crippen molar-refractivity contribution >= 4 is 51.8 Å². The molecule has 0 saturated heterocycles. The second-order valence-electron chi connectivity index (χ2n) is 16.1. The molecule has 6 aromatic rings. The number of allylic oxidation sites excluding steroid dienone is 3. The van der Waals surface area contributed by atoms with Crippen LogP contribution < -0.4 is 25.6 Å². The van der Waals surface area contributed by atoms with Crippen molar-refractivity contribution in [3.8, 4) is 0 Å². The number of nitrogens with zero attached hydrogens (tertiary/aromatic N) is 3. The minimum atomic E-state index is -0.168. The second-order valence-corrected chi connectivity index (χ2v) is 16.1. The summed E-state index contributed by atoms with van der Waals surface area (Å²) >= 11 is 0. The molecule has 3 nitrogen and oxygen atoms in total. The van der Waals surface area contributed by atoms with Crippen LogP contribution in [0.15, 0.2) is 205 Å². The first-order valence-electron chi connectivity index (χ1n) is 19.7. The van der Waals surface area contributed by atoms with Crippen LogP contribution in [0, 0.1) is 0 Å². The van der Waals surface area contributed by atoms with E-state index in [9.17, 15) is 0 Å². The Morgan fingerprint density at radius 3 is 2.00 bits per heavy atom. The SMILES string of the molecule is CC(C)(C1=CC2=C3B(c4ccc(N(c5ccccc5)c5ccccc5)cc4N2c2ccccc2)c2cccc4c2N(C3C1)C1C=CC=CC41)c1ccccc1. The lowest BCUT2D eigenvalue weighted by Crippen LogP contribution is -2.63. The molecule has 0 fully saturated rings. The maximum atomic E-state index is 2.82.